The number of anilines is 2. The van der Waals surface area contributed by atoms with Crippen LogP contribution in [0, 0.1) is 0 Å². The molecule has 0 radical (unpaired) electrons. The van der Waals surface area contributed by atoms with Gasteiger partial charge in [0.15, 0.2) is 22.7 Å². The Morgan fingerprint density at radius 3 is 1.56 bits per heavy atom. The van der Waals surface area contributed by atoms with E-state index in [1.807, 2.05) is 31.3 Å². The summed E-state index contributed by atoms with van der Waals surface area (Å²) in [5.41, 5.74) is 2.81. The van der Waals surface area contributed by atoms with Gasteiger partial charge in [-0.25, -0.2) is 34.1 Å². The Labute approximate surface area is 484 Å². The minimum absolute atomic E-state index is 0. The van der Waals surface area contributed by atoms with E-state index < -0.39 is 58.6 Å². The van der Waals surface area contributed by atoms with E-state index in [0.29, 0.717) is 73.0 Å². The lowest BCUT2D eigenvalue weighted by Crippen LogP contribution is -2.34. The lowest BCUT2D eigenvalue weighted by molar-refractivity contribution is 0.0392. The number of carbonyl (C=O) groups is 2. The van der Waals surface area contributed by atoms with Crippen LogP contribution in [0.4, 0.5) is 11.6 Å². The van der Waals surface area contributed by atoms with Gasteiger partial charge in [-0.3, -0.25) is 4.79 Å². The zero-order valence-electron chi connectivity index (χ0n) is 44.5. The second-order valence-electron chi connectivity index (χ2n) is 21.5. The van der Waals surface area contributed by atoms with Gasteiger partial charge in [-0.15, -0.1) is 0 Å². The number of nitrogens with one attached hydrogen (secondary N) is 3. The molecule has 21 nitrogen and oxygen atoms in total. The summed E-state index contributed by atoms with van der Waals surface area (Å²) >= 11 is 18.9. The SMILES string of the molecule is C.CN(Cc1cc(Cl)ccc1Br)C(=O)c1nn(COCC[Si](C)(C)C)c2ncnc(N[C@@H]3CC[C@@H](O)[C@H]3O)c12.CNCc1cc(Cl)ccc1Br.C[Si](C)(C)CCOCn1nc(C(=O)O)c2c(N[C@@H]3CC[C@@H](O)[C@H]3O)ncnc21. The smallest absolute Gasteiger partial charge is 0.357 e. The molecule has 8 N–H and O–H groups in total. The first kappa shape index (κ1) is 64.6. The Bertz CT molecular complexity index is 2970. The van der Waals surface area contributed by atoms with Crippen LogP contribution in [0.5, 0.6) is 0 Å². The number of benzene rings is 2. The summed E-state index contributed by atoms with van der Waals surface area (Å²) in [5, 5.41) is 69.9. The van der Waals surface area contributed by atoms with E-state index in [0.717, 1.165) is 38.2 Å². The normalized spacial score (nSPS) is 19.2. The predicted molar refractivity (Wildman–Crippen MR) is 317 cm³/mol. The van der Waals surface area contributed by atoms with Gasteiger partial charge in [0.25, 0.3) is 5.91 Å². The third kappa shape index (κ3) is 17.6. The molecule has 6 aromatic rings. The van der Waals surface area contributed by atoms with Crippen LogP contribution in [0.3, 0.4) is 0 Å². The van der Waals surface area contributed by atoms with Crippen LogP contribution in [-0.2, 0) is 36.0 Å². The first-order valence-corrected chi connectivity index (χ1v) is 35.0. The van der Waals surface area contributed by atoms with Gasteiger partial charge in [0.05, 0.1) is 47.3 Å². The van der Waals surface area contributed by atoms with Crippen molar-refractivity contribution in [1.29, 1.82) is 0 Å². The van der Waals surface area contributed by atoms with Crippen LogP contribution >= 0.6 is 55.1 Å². The summed E-state index contributed by atoms with van der Waals surface area (Å²) in [4.78, 5) is 44.1. The zero-order valence-corrected chi connectivity index (χ0v) is 51.2. The van der Waals surface area contributed by atoms with E-state index in [9.17, 15) is 35.1 Å². The van der Waals surface area contributed by atoms with Crippen molar-refractivity contribution in [3.8, 4) is 0 Å². The minimum atomic E-state index is -1.27. The van der Waals surface area contributed by atoms with Gasteiger partial charge in [-0.1, -0.05) is 102 Å². The van der Waals surface area contributed by atoms with Crippen molar-refractivity contribution < 1.29 is 44.6 Å². The first-order valence-electron chi connectivity index (χ1n) is 25.2. The number of carbonyl (C=O) groups excluding carboxylic acids is 1. The molecule has 0 unspecified atom stereocenters. The van der Waals surface area contributed by atoms with Gasteiger partial charge in [0.2, 0.25) is 0 Å². The highest BCUT2D eigenvalue weighted by Gasteiger charge is 2.36. The molecule has 2 aliphatic rings. The number of amides is 1. The van der Waals surface area contributed by atoms with Crippen molar-refractivity contribution in [3.05, 3.63) is 90.6 Å². The topological polar surface area (TPSA) is 280 Å². The van der Waals surface area contributed by atoms with E-state index in [1.165, 1.54) is 22.9 Å². The molecule has 0 saturated heterocycles. The first-order chi connectivity index (χ1) is 36.3. The number of fused-ring (bicyclic) bond motifs is 2. The van der Waals surface area contributed by atoms with Gasteiger partial charge in [-0.05, 0) is 92.3 Å². The number of ether oxygens (including phenoxy) is 2. The van der Waals surface area contributed by atoms with Crippen molar-refractivity contribution in [1.82, 2.24) is 49.7 Å². The summed E-state index contributed by atoms with van der Waals surface area (Å²) in [6.45, 7) is 16.1. The van der Waals surface area contributed by atoms with Crippen LogP contribution in [-0.4, -0.2) is 162 Å². The molecule has 0 spiro atoms. The molecule has 6 atom stereocenters. The molecule has 428 valence electrons. The number of hydrogen-bond donors (Lipinski definition) is 8. The van der Waals surface area contributed by atoms with E-state index in [4.69, 9.17) is 32.7 Å². The maximum Gasteiger partial charge on any atom is 0.357 e. The lowest BCUT2D eigenvalue weighted by Gasteiger charge is -2.20. The monoisotopic (exact) mass is 1280 g/mol. The number of carboxylic acid groups (broad SMARTS) is 1. The zero-order chi connectivity index (χ0) is 56.4. The van der Waals surface area contributed by atoms with Crippen molar-refractivity contribution in [2.45, 2.75) is 148 Å². The molecule has 0 aliphatic heterocycles. The average Bonchev–Trinajstić information content (AvgIpc) is 4.16. The Balaban J connectivity index is 0.000000245. The molecule has 2 fully saturated rings. The highest BCUT2D eigenvalue weighted by Crippen LogP contribution is 2.32. The molecule has 4 aromatic heterocycles. The molecule has 2 saturated carbocycles. The maximum atomic E-state index is 13.7. The Morgan fingerprint density at radius 2 is 1.14 bits per heavy atom. The number of carboxylic acids is 1. The van der Waals surface area contributed by atoms with Crippen molar-refractivity contribution in [2.24, 2.45) is 0 Å². The fraction of sp³-hybridized carbons (Fsp3) is 0.529. The molecule has 27 heteroatoms. The van der Waals surface area contributed by atoms with E-state index in [2.05, 4.69) is 117 Å². The van der Waals surface area contributed by atoms with Gasteiger partial charge in [0, 0.05) is 68.5 Å². The van der Waals surface area contributed by atoms with Gasteiger partial charge < -0.3 is 55.9 Å². The van der Waals surface area contributed by atoms with E-state index in [-0.39, 0.29) is 49.4 Å². The Morgan fingerprint density at radius 1 is 0.705 bits per heavy atom. The number of nitrogens with zero attached hydrogens (tertiary/aromatic N) is 9. The second kappa shape index (κ2) is 29.0. The molecule has 78 heavy (non-hydrogen) atoms. The molecule has 2 aromatic carbocycles. The number of aromatic nitrogens is 8. The van der Waals surface area contributed by atoms with Crippen molar-refractivity contribution in [2.75, 3.05) is 37.9 Å². The highest BCUT2D eigenvalue weighted by atomic mass is 79.9. The molecule has 1 amide bonds. The third-order valence-corrected chi connectivity index (χ3v) is 18.3. The second-order valence-corrected chi connectivity index (χ2v) is 35.3. The number of aromatic carboxylic acids is 1. The lowest BCUT2D eigenvalue weighted by atomic mass is 10.1. The standard InChI is InChI=1S/C25H34BrClN6O4Si.C17H27N5O5Si.C8H9BrClN.CH4/c1-32(12-15-11-16(27)5-6-17(15)26)25(36)21-20-23(30-18-7-8-19(34)22(18)35)28-13-29-24(20)33(31-21)14-37-9-10-38(2,3)4;1-28(2,3)7-6-27-9-22-16-12(13(21-22)17(25)26)15(18-8-19-16)20-10-4-5-11(23)14(10)24;1-11-5-6-4-7(10)2-3-8(6)9;/h5-6,11,13,18-19,22,34-35H,7-10,12,14H2,1-4H3,(H,28,29,30);8,10-11,14,23-24H,4-7,9H2,1-3H3,(H,25,26)(H,18,19,20);2-4,11H,5H2,1H3;1H4/t18-,19-,22+;10-,11-,14+;;/m11../s1. The molecule has 4 heterocycles. The fourth-order valence-electron chi connectivity index (χ4n) is 8.40. The van der Waals surface area contributed by atoms with Crippen molar-refractivity contribution >= 4 is 117 Å². The summed E-state index contributed by atoms with van der Waals surface area (Å²) in [6, 6.07) is 12.3. The summed E-state index contributed by atoms with van der Waals surface area (Å²) in [7, 11) is 1.10. The average molecular weight is 1290 g/mol. The van der Waals surface area contributed by atoms with Crippen LogP contribution < -0.4 is 16.0 Å². The quantitative estimate of drug-likeness (QED) is 0.0262. The van der Waals surface area contributed by atoms with E-state index >= 15 is 0 Å². The largest absolute Gasteiger partial charge is 0.476 e. The molecule has 8 rings (SSSR count). The summed E-state index contributed by atoms with van der Waals surface area (Å²) in [5.74, 6) is -0.876. The highest BCUT2D eigenvalue weighted by molar-refractivity contribution is 9.10. The number of aliphatic hydroxyl groups excluding tert-OH is 4. The predicted octanol–water partition coefficient (Wildman–Crippen LogP) is 8.71. The van der Waals surface area contributed by atoms with Crippen LogP contribution in [0.1, 0.15) is 65.2 Å². The molecule has 2 aliphatic carbocycles. The number of aliphatic hydroxyl groups is 4. The van der Waals surface area contributed by atoms with Gasteiger partial charge in [0.1, 0.15) is 37.8 Å². The molecular weight excluding hydrogens is 1210 g/mol. The van der Waals surface area contributed by atoms with Gasteiger partial charge in [-0.2, -0.15) is 10.2 Å². The fourth-order valence-corrected chi connectivity index (χ4v) is 11.1. The number of hydrogen-bond acceptors (Lipinski definition) is 17. The maximum absolute atomic E-state index is 13.7. The summed E-state index contributed by atoms with van der Waals surface area (Å²) in [6.07, 6.45) is 1.24. The van der Waals surface area contributed by atoms with Gasteiger partial charge >= 0.3 is 5.97 Å². The Kier molecular flexibility index (Phi) is 24.0. The number of rotatable bonds is 20. The minimum Gasteiger partial charge on any atom is -0.476 e. The third-order valence-electron chi connectivity index (χ3n) is 12.8. The summed E-state index contributed by atoms with van der Waals surface area (Å²) < 4.78 is 16.5. The molecular formula is C51H74Br2Cl2N12O9Si2. The van der Waals surface area contributed by atoms with E-state index in [1.54, 1.807) is 28.8 Å². The van der Waals surface area contributed by atoms with Crippen LogP contribution in [0.25, 0.3) is 22.1 Å². The van der Waals surface area contributed by atoms with Crippen LogP contribution in [0.15, 0.2) is 58.0 Å². The van der Waals surface area contributed by atoms with Crippen LogP contribution in [0.2, 0.25) is 61.4 Å². The number of halogens is 4. The molecule has 0 bridgehead atoms. The Hall–Kier alpha value is -4.23. The van der Waals surface area contributed by atoms with Crippen molar-refractivity contribution in [3.63, 3.8) is 0 Å².